The third-order valence-electron chi connectivity index (χ3n) is 21.3. The topological polar surface area (TPSA) is 165 Å². The monoisotopic (exact) mass is 1780 g/mol. The van der Waals surface area contributed by atoms with E-state index in [1.807, 2.05) is 0 Å². The van der Waals surface area contributed by atoms with Crippen LogP contribution < -0.4 is 78.1 Å². The number of hydrogen-bond acceptors (Lipinski definition) is 18. The van der Waals surface area contributed by atoms with E-state index in [-0.39, 0.29) is 0 Å². The molecule has 0 aromatic heterocycles. The summed E-state index contributed by atoms with van der Waals surface area (Å²) in [5.41, 5.74) is 13.6. The molecule has 0 spiro atoms. The van der Waals surface area contributed by atoms with Crippen LogP contribution in [0.4, 0.5) is 0 Å². The highest BCUT2D eigenvalue weighted by Gasteiger charge is 2.21. The Morgan fingerprint density at radius 3 is 0.515 bits per heavy atom. The molecule has 8 rings (SSSR count). The molecule has 0 aliphatic rings. The van der Waals surface area contributed by atoms with E-state index in [9.17, 15) is 0 Å². The fourth-order valence-corrected chi connectivity index (χ4v) is 14.5. The van der Waals surface area contributed by atoms with Crippen molar-refractivity contribution in [3.8, 4) is 69.0 Å². The molecule has 8 aromatic carbocycles. The van der Waals surface area contributed by atoms with Crippen LogP contribution in [0.3, 0.4) is 0 Å². The van der Waals surface area contributed by atoms with Gasteiger partial charge in [-0.2, -0.15) is 0 Å². The first-order chi connectivity index (χ1) is 64.0. The Labute approximate surface area is 783 Å². The minimum Gasteiger partial charge on any atom is -0.490 e. The van der Waals surface area contributed by atoms with Gasteiger partial charge in [0.1, 0.15) is 0 Å². The second kappa shape index (κ2) is 64.8. The molecule has 0 unspecified atom stereocenters. The highest BCUT2D eigenvalue weighted by molar-refractivity contribution is 5.76. The molecule has 0 saturated carbocycles. The fourth-order valence-electron chi connectivity index (χ4n) is 14.5. The molecule has 130 heavy (non-hydrogen) atoms. The number of hydrogen-bond donors (Lipinski definition) is 4. The smallest absolute Gasteiger partial charge is 0.203 e. The lowest BCUT2D eigenvalue weighted by Gasteiger charge is -2.25. The standard InChI is InChI=1S/C112H160N6O12/c1-13-65-119-101-77-97(78-102(120-66-14-2)109(101)127-73-21-9)51-39-89-31-43-93(44-32-89)85-113-55-27-61-117(62-28-56-114-86-94-45-33-90(34-46-94)40-52-98-79-103(121-67-15-3)110(128-74-22-10)104(80-98)122-68-16-4)59-25-26-60-118(63-29-57-115-87-95-47-35-91(36-48-95)41-53-99-81-105(123-69-17-5)111(129-75-23-11)106(82-99)124-70-18-6)64-30-58-116-88-96-49-37-92(38-50-96)42-54-100-83-107(125-71-19-7)112(130-76-24-12)108(84-100)126-72-20-8/h31-54,77-84,113-116H,13-30,55-76,85-88H2,1-12H3/b51-39+,52-40+,53-41+,54-42+. The van der Waals surface area contributed by atoms with Gasteiger partial charge < -0.3 is 87.9 Å². The van der Waals surface area contributed by atoms with Gasteiger partial charge in [-0.05, 0) is 296 Å². The summed E-state index contributed by atoms with van der Waals surface area (Å²) in [5, 5.41) is 15.2. The molecule has 0 bridgehead atoms. The third kappa shape index (κ3) is 40.0. The minimum absolute atomic E-state index is 0.601. The van der Waals surface area contributed by atoms with Gasteiger partial charge in [-0.3, -0.25) is 0 Å². The van der Waals surface area contributed by atoms with Gasteiger partial charge in [0.15, 0.2) is 46.0 Å². The van der Waals surface area contributed by atoms with Crippen LogP contribution in [0.25, 0.3) is 48.6 Å². The number of benzene rings is 8. The van der Waals surface area contributed by atoms with Crippen LogP contribution >= 0.6 is 0 Å². The van der Waals surface area contributed by atoms with E-state index in [0.717, 1.165) is 298 Å². The number of unbranched alkanes of at least 4 members (excludes halogenated alkanes) is 1. The molecule has 0 aliphatic carbocycles. The summed E-state index contributed by atoms with van der Waals surface area (Å²) < 4.78 is 74.6. The predicted molar refractivity (Wildman–Crippen MR) is 544 cm³/mol. The van der Waals surface area contributed by atoms with Crippen molar-refractivity contribution >= 4 is 48.6 Å². The van der Waals surface area contributed by atoms with E-state index in [2.05, 4.69) is 308 Å². The minimum atomic E-state index is 0.601. The summed E-state index contributed by atoms with van der Waals surface area (Å²) in [6.45, 7) is 45.9. The summed E-state index contributed by atoms with van der Waals surface area (Å²) in [5.74, 6) is 8.58. The lowest BCUT2D eigenvalue weighted by Crippen LogP contribution is -2.33. The van der Waals surface area contributed by atoms with Crippen molar-refractivity contribution in [3.63, 3.8) is 0 Å². The van der Waals surface area contributed by atoms with Gasteiger partial charge in [-0.25, -0.2) is 0 Å². The van der Waals surface area contributed by atoms with E-state index in [0.29, 0.717) is 102 Å². The summed E-state index contributed by atoms with van der Waals surface area (Å²) in [4.78, 5) is 5.43. The lowest BCUT2D eigenvalue weighted by molar-refractivity contribution is 0.233. The van der Waals surface area contributed by atoms with Crippen LogP contribution in [0.1, 0.15) is 265 Å². The Bertz CT molecular complexity index is 3810. The molecular weight excluding hydrogens is 1620 g/mol. The van der Waals surface area contributed by atoms with Crippen molar-refractivity contribution in [3.05, 3.63) is 212 Å². The summed E-state index contributed by atoms with van der Waals surface area (Å²) in [7, 11) is 0. The number of rotatable bonds is 73. The van der Waals surface area contributed by atoms with E-state index in [4.69, 9.17) is 56.8 Å². The Morgan fingerprint density at radius 2 is 0.346 bits per heavy atom. The van der Waals surface area contributed by atoms with E-state index >= 15 is 0 Å². The van der Waals surface area contributed by atoms with Crippen LogP contribution in [-0.4, -0.2) is 155 Å². The van der Waals surface area contributed by atoms with Crippen molar-refractivity contribution in [2.24, 2.45) is 0 Å². The predicted octanol–water partition coefficient (Wildman–Crippen LogP) is 25.2. The average molecular weight is 1780 g/mol. The molecular formula is C112H160N6O12. The molecule has 0 heterocycles. The molecule has 0 atom stereocenters. The second-order valence-corrected chi connectivity index (χ2v) is 33.4. The zero-order valence-corrected chi connectivity index (χ0v) is 81.4. The van der Waals surface area contributed by atoms with Gasteiger partial charge in [0.2, 0.25) is 23.0 Å². The van der Waals surface area contributed by atoms with E-state index in [1.165, 1.54) is 22.3 Å². The Kier molecular flexibility index (Phi) is 52.5. The fraction of sp³-hybridized carbons (Fsp3) is 0.500. The summed E-state index contributed by atoms with van der Waals surface area (Å²) in [6, 6.07) is 52.1. The second-order valence-electron chi connectivity index (χ2n) is 33.4. The molecule has 18 nitrogen and oxygen atoms in total. The third-order valence-corrected chi connectivity index (χ3v) is 21.3. The number of nitrogens with one attached hydrogen (secondary N) is 4. The average Bonchev–Trinajstić information content (AvgIpc) is 0.834. The quantitative estimate of drug-likeness (QED) is 0.0210. The van der Waals surface area contributed by atoms with Gasteiger partial charge in [0.05, 0.1) is 79.3 Å². The van der Waals surface area contributed by atoms with Crippen molar-refractivity contribution in [2.75, 3.05) is 145 Å². The SMILES string of the molecule is CCCOc1cc(/C=C/c2ccc(CNCCCN(CCCCN(CCCNCc3ccc(/C=C/c4cc(OCCC)c(OCCC)c(OCCC)c4)cc3)CCCNCc3ccc(/C=C/c4cc(OCCC)c(OCCC)c(OCCC)c4)cc3)CCCNCc3ccc(/C=C/c4cc(OCCC)c(OCCC)c(OCCC)c4)cc3)cc2)cc(OCCC)c1OCCC. The van der Waals surface area contributed by atoms with Crippen LogP contribution in [-0.2, 0) is 26.2 Å². The maximum Gasteiger partial charge on any atom is 0.203 e. The van der Waals surface area contributed by atoms with Crippen molar-refractivity contribution in [1.29, 1.82) is 0 Å². The van der Waals surface area contributed by atoms with Crippen molar-refractivity contribution in [1.82, 2.24) is 31.1 Å². The van der Waals surface area contributed by atoms with Gasteiger partial charge in [-0.1, -0.05) is 229 Å². The van der Waals surface area contributed by atoms with Gasteiger partial charge >= 0.3 is 0 Å². The highest BCUT2D eigenvalue weighted by Crippen LogP contribution is 2.44. The van der Waals surface area contributed by atoms with Gasteiger partial charge in [0.25, 0.3) is 0 Å². The Morgan fingerprint density at radius 1 is 0.192 bits per heavy atom. The number of ether oxygens (including phenoxy) is 12. The highest BCUT2D eigenvalue weighted by atomic mass is 16.6. The largest absolute Gasteiger partial charge is 0.490 e. The van der Waals surface area contributed by atoms with Crippen molar-refractivity contribution in [2.45, 2.75) is 225 Å². The van der Waals surface area contributed by atoms with Crippen LogP contribution in [0.5, 0.6) is 69.0 Å². The maximum absolute atomic E-state index is 6.22. The lowest BCUT2D eigenvalue weighted by atomic mass is 10.1. The normalized spacial score (nSPS) is 11.6. The molecule has 18 heteroatoms. The van der Waals surface area contributed by atoms with Gasteiger partial charge in [0, 0.05) is 26.2 Å². The summed E-state index contributed by atoms with van der Waals surface area (Å²) >= 11 is 0. The van der Waals surface area contributed by atoms with E-state index in [1.54, 1.807) is 0 Å². The molecule has 0 saturated heterocycles. The number of nitrogens with zero attached hydrogens (tertiary/aromatic N) is 2. The van der Waals surface area contributed by atoms with Crippen LogP contribution in [0.15, 0.2) is 146 Å². The zero-order chi connectivity index (χ0) is 92.1. The molecule has 4 N–H and O–H groups in total. The first-order valence-electron chi connectivity index (χ1n) is 49.6. The molecule has 8 aromatic rings. The molecule has 0 fully saturated rings. The first-order valence-corrected chi connectivity index (χ1v) is 49.6. The van der Waals surface area contributed by atoms with Crippen LogP contribution in [0.2, 0.25) is 0 Å². The van der Waals surface area contributed by atoms with Gasteiger partial charge in [-0.15, -0.1) is 0 Å². The summed E-state index contributed by atoms with van der Waals surface area (Å²) in [6.07, 6.45) is 34.6. The first kappa shape index (κ1) is 105. The van der Waals surface area contributed by atoms with Crippen LogP contribution in [0, 0.1) is 0 Å². The molecule has 0 radical (unpaired) electrons. The maximum atomic E-state index is 6.22. The van der Waals surface area contributed by atoms with Crippen molar-refractivity contribution < 1.29 is 56.8 Å². The van der Waals surface area contributed by atoms with E-state index < -0.39 is 0 Å². The molecule has 0 amide bonds. The molecule has 710 valence electrons. The Hall–Kier alpha value is -9.92. The Balaban J connectivity index is 0.902. The molecule has 0 aliphatic heterocycles. The zero-order valence-electron chi connectivity index (χ0n) is 81.4.